The molecule has 0 fully saturated rings. The number of rotatable bonds is 3. The van der Waals surface area contributed by atoms with Crippen LogP contribution in [0.15, 0.2) is 48.7 Å². The molecule has 2 nitrogen and oxygen atoms in total. The zero-order chi connectivity index (χ0) is 14.2. The number of nitrogens with one attached hydrogen (secondary N) is 1. The van der Waals surface area contributed by atoms with Crippen molar-refractivity contribution in [3.8, 4) is 11.3 Å². The third-order valence-electron chi connectivity index (χ3n) is 4.03. The van der Waals surface area contributed by atoms with Gasteiger partial charge in [0.05, 0.1) is 5.69 Å². The number of alkyl halides is 1. The minimum Gasteiger partial charge on any atom is -0.354 e. The Hall–Kier alpha value is -2.06. The van der Waals surface area contributed by atoms with E-state index in [-0.39, 0.29) is 0 Å². The van der Waals surface area contributed by atoms with Crippen LogP contribution in [-0.4, -0.2) is 10.9 Å². The van der Waals surface area contributed by atoms with Gasteiger partial charge in [0.25, 0.3) is 0 Å². The van der Waals surface area contributed by atoms with Crippen molar-refractivity contribution in [3.63, 3.8) is 0 Å². The Morgan fingerprint density at radius 2 is 1.86 bits per heavy atom. The monoisotopic (exact) mass is 294 g/mol. The van der Waals surface area contributed by atoms with Crippen LogP contribution in [0.1, 0.15) is 12.0 Å². The molecule has 21 heavy (non-hydrogen) atoms. The van der Waals surface area contributed by atoms with Crippen LogP contribution in [-0.2, 0) is 6.42 Å². The fourth-order valence-electron chi connectivity index (χ4n) is 3.06. The van der Waals surface area contributed by atoms with Gasteiger partial charge in [-0.2, -0.15) is 0 Å². The SMILES string of the molecule is ClCCCc1cnc2c3c(cccc13)Nc1ccccc1-2. The van der Waals surface area contributed by atoms with Crippen LogP contribution >= 0.6 is 11.6 Å². The Kier molecular flexibility index (Phi) is 3.04. The molecule has 0 unspecified atom stereocenters. The maximum atomic E-state index is 5.84. The van der Waals surface area contributed by atoms with E-state index in [4.69, 9.17) is 16.6 Å². The number of para-hydroxylation sites is 1. The maximum absolute atomic E-state index is 5.84. The van der Waals surface area contributed by atoms with E-state index in [1.165, 1.54) is 21.9 Å². The van der Waals surface area contributed by atoms with Crippen molar-refractivity contribution in [2.45, 2.75) is 12.8 Å². The molecule has 0 bridgehead atoms. The van der Waals surface area contributed by atoms with Crippen molar-refractivity contribution >= 4 is 33.7 Å². The van der Waals surface area contributed by atoms with Crippen molar-refractivity contribution in [3.05, 3.63) is 54.2 Å². The zero-order valence-corrected chi connectivity index (χ0v) is 12.3. The highest BCUT2D eigenvalue weighted by Gasteiger charge is 2.19. The Labute approximate surface area is 128 Å². The Balaban J connectivity index is 2.00. The lowest BCUT2D eigenvalue weighted by atomic mass is 9.94. The summed E-state index contributed by atoms with van der Waals surface area (Å²) in [6.07, 6.45) is 3.96. The number of benzene rings is 2. The van der Waals surface area contributed by atoms with Crippen LogP contribution in [0.2, 0.25) is 0 Å². The molecule has 1 aromatic heterocycles. The molecule has 3 aromatic rings. The van der Waals surface area contributed by atoms with Gasteiger partial charge in [-0.05, 0) is 35.9 Å². The Morgan fingerprint density at radius 3 is 2.76 bits per heavy atom. The zero-order valence-electron chi connectivity index (χ0n) is 11.6. The number of fused-ring (bicyclic) bond motifs is 2. The first-order chi connectivity index (χ1) is 10.4. The Bertz CT molecular complexity index is 827. The average molecular weight is 295 g/mol. The normalized spacial score (nSPS) is 12.0. The summed E-state index contributed by atoms with van der Waals surface area (Å²) in [5, 5.41) is 6.03. The molecule has 2 heterocycles. The summed E-state index contributed by atoms with van der Waals surface area (Å²) in [6, 6.07) is 14.7. The van der Waals surface area contributed by atoms with Crippen LogP contribution in [0.25, 0.3) is 22.0 Å². The summed E-state index contributed by atoms with van der Waals surface area (Å²) < 4.78 is 0. The van der Waals surface area contributed by atoms with Gasteiger partial charge in [0.2, 0.25) is 0 Å². The number of aromatic nitrogens is 1. The first-order valence-electron chi connectivity index (χ1n) is 7.21. The number of hydrogen-bond donors (Lipinski definition) is 1. The van der Waals surface area contributed by atoms with Gasteiger partial charge >= 0.3 is 0 Å². The summed E-state index contributed by atoms with van der Waals surface area (Å²) in [5.41, 5.74) is 5.78. The van der Waals surface area contributed by atoms with Gasteiger partial charge in [0.1, 0.15) is 0 Å². The van der Waals surface area contributed by atoms with Gasteiger partial charge in [0, 0.05) is 34.4 Å². The number of pyridine rings is 1. The topological polar surface area (TPSA) is 24.9 Å². The summed E-state index contributed by atoms with van der Waals surface area (Å²) in [5.74, 6) is 0.685. The first kappa shape index (κ1) is 12.7. The molecule has 0 spiro atoms. The number of anilines is 2. The molecule has 3 heteroatoms. The largest absolute Gasteiger partial charge is 0.354 e. The number of nitrogens with zero attached hydrogens (tertiary/aromatic N) is 1. The molecular weight excluding hydrogens is 280 g/mol. The van der Waals surface area contributed by atoms with Crippen molar-refractivity contribution in [1.82, 2.24) is 4.98 Å². The van der Waals surface area contributed by atoms with Crippen LogP contribution < -0.4 is 5.32 Å². The fraction of sp³-hybridized carbons (Fsp3) is 0.167. The summed E-state index contributed by atoms with van der Waals surface area (Å²) in [6.45, 7) is 0. The van der Waals surface area contributed by atoms with Crippen molar-refractivity contribution < 1.29 is 0 Å². The van der Waals surface area contributed by atoms with E-state index in [2.05, 4.69) is 41.7 Å². The van der Waals surface area contributed by atoms with Gasteiger partial charge in [-0.25, -0.2) is 0 Å². The van der Waals surface area contributed by atoms with E-state index in [0.717, 1.165) is 29.9 Å². The highest BCUT2D eigenvalue weighted by atomic mass is 35.5. The predicted octanol–water partition coefficient (Wildman–Crippen LogP) is 5.13. The van der Waals surface area contributed by atoms with Crippen LogP contribution in [0, 0.1) is 0 Å². The summed E-state index contributed by atoms with van der Waals surface area (Å²) in [4.78, 5) is 4.75. The molecule has 1 aliphatic heterocycles. The lowest BCUT2D eigenvalue weighted by molar-refractivity contribution is 0.930. The molecule has 0 saturated heterocycles. The molecule has 1 aliphatic rings. The molecule has 0 saturated carbocycles. The first-order valence-corrected chi connectivity index (χ1v) is 7.75. The van der Waals surface area contributed by atoms with Crippen LogP contribution in [0.4, 0.5) is 11.4 Å². The second-order valence-electron chi connectivity index (χ2n) is 5.32. The number of hydrogen-bond acceptors (Lipinski definition) is 2. The van der Waals surface area contributed by atoms with Crippen molar-refractivity contribution in [2.75, 3.05) is 11.2 Å². The Morgan fingerprint density at radius 1 is 1.00 bits per heavy atom. The third-order valence-corrected chi connectivity index (χ3v) is 4.30. The van der Waals surface area contributed by atoms with Gasteiger partial charge in [-0.1, -0.05) is 30.3 Å². The molecule has 4 rings (SSSR count). The second kappa shape index (κ2) is 5.05. The van der Waals surface area contributed by atoms with Crippen molar-refractivity contribution in [1.29, 1.82) is 0 Å². The second-order valence-corrected chi connectivity index (χ2v) is 5.70. The molecule has 0 amide bonds. The minimum atomic E-state index is 0.685. The van der Waals surface area contributed by atoms with E-state index in [1.54, 1.807) is 0 Å². The van der Waals surface area contributed by atoms with Crippen LogP contribution in [0.3, 0.4) is 0 Å². The van der Waals surface area contributed by atoms with E-state index in [1.807, 2.05) is 12.3 Å². The molecule has 0 radical (unpaired) electrons. The molecule has 104 valence electrons. The van der Waals surface area contributed by atoms with E-state index in [0.29, 0.717) is 5.88 Å². The lowest BCUT2D eigenvalue weighted by Crippen LogP contribution is -2.04. The standard InChI is InChI=1S/C18H15ClN2/c19-10-4-5-12-11-20-18-14-6-1-2-8-15(14)21-16-9-3-7-13(12)17(16)18/h1-3,6-9,11,21H,4-5,10H2. The quantitative estimate of drug-likeness (QED) is 0.530. The van der Waals surface area contributed by atoms with Gasteiger partial charge < -0.3 is 5.32 Å². The molecule has 1 N–H and O–H groups in total. The van der Waals surface area contributed by atoms with Crippen molar-refractivity contribution in [2.24, 2.45) is 0 Å². The number of aryl methyl sites for hydroxylation is 1. The third kappa shape index (κ3) is 1.98. The minimum absolute atomic E-state index is 0.685. The molecule has 0 aliphatic carbocycles. The molecule has 0 atom stereocenters. The van der Waals surface area contributed by atoms with Gasteiger partial charge in [-0.15, -0.1) is 11.6 Å². The summed E-state index contributed by atoms with van der Waals surface area (Å²) >= 11 is 5.84. The lowest BCUT2D eigenvalue weighted by Gasteiger charge is -2.22. The maximum Gasteiger partial charge on any atom is 0.0822 e. The highest BCUT2D eigenvalue weighted by molar-refractivity contribution is 6.17. The fourth-order valence-corrected chi connectivity index (χ4v) is 3.19. The van der Waals surface area contributed by atoms with E-state index >= 15 is 0 Å². The van der Waals surface area contributed by atoms with E-state index in [9.17, 15) is 0 Å². The van der Waals surface area contributed by atoms with Crippen LogP contribution in [0.5, 0.6) is 0 Å². The number of halogens is 1. The smallest absolute Gasteiger partial charge is 0.0822 e. The molecular formula is C18H15ClN2. The average Bonchev–Trinajstić information content (AvgIpc) is 2.54. The van der Waals surface area contributed by atoms with Gasteiger partial charge in [0.15, 0.2) is 0 Å². The van der Waals surface area contributed by atoms with Gasteiger partial charge in [-0.3, -0.25) is 4.98 Å². The highest BCUT2D eigenvalue weighted by Crippen LogP contribution is 2.43. The molecule has 2 aromatic carbocycles. The predicted molar refractivity (Wildman–Crippen MR) is 89.5 cm³/mol. The summed E-state index contributed by atoms with van der Waals surface area (Å²) in [7, 11) is 0. The van der Waals surface area contributed by atoms with E-state index < -0.39 is 0 Å².